The summed E-state index contributed by atoms with van der Waals surface area (Å²) < 4.78 is 0. The van der Waals surface area contributed by atoms with Crippen molar-refractivity contribution >= 4 is 81.4 Å². The van der Waals surface area contributed by atoms with Gasteiger partial charge < -0.3 is 5.32 Å². The highest BCUT2D eigenvalue weighted by Gasteiger charge is 2.41. The zero-order valence-electron chi connectivity index (χ0n) is 17.8. The normalized spacial score (nSPS) is 16.7. The number of hydrogen-bond acceptors (Lipinski definition) is 4. The zero-order chi connectivity index (χ0) is 25.1. The van der Waals surface area contributed by atoms with Gasteiger partial charge >= 0.3 is 0 Å². The van der Waals surface area contributed by atoms with E-state index in [2.05, 4.69) is 5.32 Å². The average Bonchev–Trinajstić information content (AvgIpc) is 3.15. The van der Waals surface area contributed by atoms with Gasteiger partial charge in [0.1, 0.15) is 16.7 Å². The second-order valence-electron chi connectivity index (χ2n) is 7.43. The number of hydrogen-bond donors (Lipinski definition) is 1. The molecular formula is C25H15Cl4N3O2S. The monoisotopic (exact) mass is 561 g/mol. The quantitative estimate of drug-likeness (QED) is 0.260. The van der Waals surface area contributed by atoms with Crippen LogP contribution in [0, 0.1) is 11.3 Å². The first-order valence-electron chi connectivity index (χ1n) is 10.2. The molecule has 5 nitrogen and oxygen atoms in total. The van der Waals surface area contributed by atoms with Crippen LogP contribution in [-0.4, -0.2) is 17.1 Å². The van der Waals surface area contributed by atoms with Crippen molar-refractivity contribution in [1.29, 1.82) is 5.26 Å². The fourth-order valence-corrected chi connectivity index (χ4v) is 5.45. The van der Waals surface area contributed by atoms with Crippen LogP contribution in [0.15, 0.2) is 77.3 Å². The Labute approximate surface area is 226 Å². The van der Waals surface area contributed by atoms with Crippen LogP contribution in [0.5, 0.6) is 0 Å². The average molecular weight is 563 g/mol. The third-order valence-corrected chi connectivity index (χ3v) is 7.72. The molecule has 0 bridgehead atoms. The molecular weight excluding hydrogens is 548 g/mol. The maximum atomic E-state index is 13.5. The minimum atomic E-state index is -0.677. The summed E-state index contributed by atoms with van der Waals surface area (Å²) in [6, 6.07) is 20.4. The Morgan fingerprint density at radius 1 is 0.971 bits per heavy atom. The minimum Gasteiger partial charge on any atom is -0.321 e. The standard InChI is InChI=1S/C25H15Cl4N3O2S/c26-15-6-8-19(27)14(10-15)11-22-24(34)32(17-4-2-1-3-5-17)25(35-22)18(13-30)23(33)31-16-7-9-20(28)21(29)12-16/h1-10,12,22H,11H2,(H,31,33)/b25-18-/t22-/m0/s1. The van der Waals surface area contributed by atoms with Gasteiger partial charge in [-0.2, -0.15) is 5.26 Å². The second kappa shape index (κ2) is 10.9. The van der Waals surface area contributed by atoms with Crippen LogP contribution in [0.25, 0.3) is 0 Å². The number of rotatable bonds is 5. The zero-order valence-corrected chi connectivity index (χ0v) is 21.6. The number of para-hydroxylation sites is 1. The number of anilines is 2. The number of halogens is 4. The maximum Gasteiger partial charge on any atom is 0.269 e. The molecule has 176 valence electrons. The molecule has 1 N–H and O–H groups in total. The van der Waals surface area contributed by atoms with Gasteiger partial charge in [-0.15, -0.1) is 0 Å². The third-order valence-electron chi connectivity index (χ3n) is 5.11. The Morgan fingerprint density at radius 2 is 1.69 bits per heavy atom. The number of nitriles is 1. The topological polar surface area (TPSA) is 73.2 Å². The molecule has 1 heterocycles. The van der Waals surface area contributed by atoms with Crippen molar-refractivity contribution in [2.45, 2.75) is 11.7 Å². The number of carbonyl (C=O) groups is 2. The summed E-state index contributed by atoms with van der Waals surface area (Å²) in [6.07, 6.45) is 0.267. The SMILES string of the molecule is N#C/C(C(=O)Nc1ccc(Cl)c(Cl)c1)=C1/S[C@@H](Cc2cc(Cl)ccc2Cl)C(=O)N1c1ccccc1. The molecule has 4 rings (SSSR count). The van der Waals surface area contributed by atoms with E-state index in [1.165, 1.54) is 17.0 Å². The highest BCUT2D eigenvalue weighted by molar-refractivity contribution is 8.05. The number of nitrogens with zero attached hydrogens (tertiary/aromatic N) is 2. The van der Waals surface area contributed by atoms with Gasteiger partial charge in [0.25, 0.3) is 5.91 Å². The molecule has 1 fully saturated rings. The Bertz CT molecular complexity index is 1390. The van der Waals surface area contributed by atoms with Crippen molar-refractivity contribution in [3.05, 3.63) is 103 Å². The van der Waals surface area contributed by atoms with Crippen molar-refractivity contribution < 1.29 is 9.59 Å². The molecule has 0 radical (unpaired) electrons. The highest BCUT2D eigenvalue weighted by Crippen LogP contribution is 2.42. The molecule has 2 amide bonds. The molecule has 0 unspecified atom stereocenters. The van der Waals surface area contributed by atoms with E-state index in [1.54, 1.807) is 48.5 Å². The molecule has 35 heavy (non-hydrogen) atoms. The summed E-state index contributed by atoms with van der Waals surface area (Å²) in [4.78, 5) is 28.0. The number of nitrogens with one attached hydrogen (secondary N) is 1. The van der Waals surface area contributed by atoms with E-state index >= 15 is 0 Å². The minimum absolute atomic E-state index is 0.210. The Hall–Kier alpha value is -2.66. The van der Waals surface area contributed by atoms with Crippen LogP contribution in [0.2, 0.25) is 20.1 Å². The van der Waals surface area contributed by atoms with E-state index < -0.39 is 11.2 Å². The molecule has 0 spiro atoms. The summed E-state index contributed by atoms with van der Waals surface area (Å²) in [5.74, 6) is -0.953. The van der Waals surface area contributed by atoms with Gasteiger partial charge in [0, 0.05) is 21.4 Å². The summed E-state index contributed by atoms with van der Waals surface area (Å²) in [7, 11) is 0. The molecule has 1 aliphatic heterocycles. The first kappa shape index (κ1) is 25.4. The van der Waals surface area contributed by atoms with Gasteiger partial charge in [-0.3, -0.25) is 14.5 Å². The van der Waals surface area contributed by atoms with Crippen LogP contribution in [-0.2, 0) is 16.0 Å². The van der Waals surface area contributed by atoms with Crippen molar-refractivity contribution in [3.8, 4) is 6.07 Å². The molecule has 0 aliphatic carbocycles. The smallest absolute Gasteiger partial charge is 0.269 e. The van der Waals surface area contributed by atoms with Gasteiger partial charge in [0.2, 0.25) is 5.91 Å². The predicted octanol–water partition coefficient (Wildman–Crippen LogP) is 7.37. The van der Waals surface area contributed by atoms with Crippen molar-refractivity contribution in [2.24, 2.45) is 0 Å². The lowest BCUT2D eigenvalue weighted by Crippen LogP contribution is -2.30. The van der Waals surface area contributed by atoms with E-state index in [-0.39, 0.29) is 28.0 Å². The largest absolute Gasteiger partial charge is 0.321 e. The lowest BCUT2D eigenvalue weighted by molar-refractivity contribution is -0.117. The summed E-state index contributed by atoms with van der Waals surface area (Å²) in [5, 5.41) is 13.7. The van der Waals surface area contributed by atoms with Crippen molar-refractivity contribution in [2.75, 3.05) is 10.2 Å². The molecule has 10 heteroatoms. The van der Waals surface area contributed by atoms with Crippen LogP contribution in [0.1, 0.15) is 5.56 Å². The van der Waals surface area contributed by atoms with Crippen molar-refractivity contribution in [1.82, 2.24) is 0 Å². The second-order valence-corrected chi connectivity index (χ2v) is 10.3. The Balaban J connectivity index is 1.73. The number of thioether (sulfide) groups is 1. The van der Waals surface area contributed by atoms with Gasteiger partial charge in [-0.25, -0.2) is 0 Å². The number of carbonyl (C=O) groups excluding carboxylic acids is 2. The number of amides is 2. The summed E-state index contributed by atoms with van der Waals surface area (Å²) in [5.41, 5.74) is 1.38. The van der Waals surface area contributed by atoms with Crippen LogP contribution < -0.4 is 10.2 Å². The van der Waals surface area contributed by atoms with E-state index in [4.69, 9.17) is 46.4 Å². The molecule has 3 aromatic rings. The molecule has 0 aromatic heterocycles. The van der Waals surface area contributed by atoms with Gasteiger partial charge in [0.05, 0.1) is 15.3 Å². The fourth-order valence-electron chi connectivity index (χ4n) is 3.47. The molecule has 3 aromatic carbocycles. The van der Waals surface area contributed by atoms with Crippen LogP contribution in [0.3, 0.4) is 0 Å². The van der Waals surface area contributed by atoms with Crippen molar-refractivity contribution in [3.63, 3.8) is 0 Å². The fraction of sp³-hybridized carbons (Fsp3) is 0.0800. The maximum absolute atomic E-state index is 13.5. The molecule has 1 atom stereocenters. The highest BCUT2D eigenvalue weighted by atomic mass is 35.5. The van der Waals surface area contributed by atoms with Crippen LogP contribution in [0.4, 0.5) is 11.4 Å². The molecule has 1 aliphatic rings. The summed E-state index contributed by atoms with van der Waals surface area (Å²) >= 11 is 25.6. The predicted molar refractivity (Wildman–Crippen MR) is 143 cm³/mol. The van der Waals surface area contributed by atoms with E-state index in [0.29, 0.717) is 32.0 Å². The Kier molecular flexibility index (Phi) is 7.95. The van der Waals surface area contributed by atoms with E-state index in [9.17, 15) is 14.9 Å². The van der Waals surface area contributed by atoms with Gasteiger partial charge in [-0.1, -0.05) is 76.4 Å². The molecule has 1 saturated heterocycles. The lowest BCUT2D eigenvalue weighted by Gasteiger charge is -2.18. The van der Waals surface area contributed by atoms with E-state index in [0.717, 1.165) is 11.8 Å². The first-order valence-corrected chi connectivity index (χ1v) is 12.6. The lowest BCUT2D eigenvalue weighted by atomic mass is 10.1. The van der Waals surface area contributed by atoms with Crippen LogP contribution >= 0.6 is 58.2 Å². The molecule has 0 saturated carbocycles. The van der Waals surface area contributed by atoms with E-state index in [1.807, 2.05) is 12.1 Å². The first-order chi connectivity index (χ1) is 16.8. The van der Waals surface area contributed by atoms with Gasteiger partial charge in [0.15, 0.2) is 0 Å². The Morgan fingerprint density at radius 3 is 2.37 bits per heavy atom. The number of benzene rings is 3. The van der Waals surface area contributed by atoms with Gasteiger partial charge in [-0.05, 0) is 60.5 Å². The summed E-state index contributed by atoms with van der Waals surface area (Å²) in [6.45, 7) is 0. The third kappa shape index (κ3) is 5.61.